The summed E-state index contributed by atoms with van der Waals surface area (Å²) in [5.41, 5.74) is 3.33. The summed E-state index contributed by atoms with van der Waals surface area (Å²) in [4.78, 5) is 4.55. The maximum Gasteiger partial charge on any atom is 0.163 e. The molecule has 0 bridgehead atoms. The molecule has 1 aromatic heterocycles. The first kappa shape index (κ1) is 11.7. The summed E-state index contributed by atoms with van der Waals surface area (Å²) in [5.74, 6) is 1.66. The number of benzene rings is 2. The minimum Gasteiger partial charge on any atom is -0.213 e. The SMILES string of the molecule is Cc1nc(-c2ccccc2)n(-c2ccccc2C)n1. The maximum atomic E-state index is 4.55. The van der Waals surface area contributed by atoms with Crippen molar-refractivity contribution in [1.82, 2.24) is 14.8 Å². The van der Waals surface area contributed by atoms with Crippen molar-refractivity contribution >= 4 is 0 Å². The van der Waals surface area contributed by atoms with Crippen molar-refractivity contribution in [2.75, 3.05) is 0 Å². The Hall–Kier alpha value is -2.42. The van der Waals surface area contributed by atoms with Gasteiger partial charge in [0.25, 0.3) is 0 Å². The largest absolute Gasteiger partial charge is 0.213 e. The lowest BCUT2D eigenvalue weighted by Crippen LogP contribution is -2.01. The molecule has 0 aliphatic rings. The van der Waals surface area contributed by atoms with Crippen LogP contribution in [0.15, 0.2) is 54.6 Å². The minimum atomic E-state index is 0.780. The lowest BCUT2D eigenvalue weighted by atomic mass is 10.2. The Kier molecular flexibility index (Phi) is 2.88. The molecule has 3 nitrogen and oxygen atoms in total. The Morgan fingerprint density at radius 3 is 2.26 bits per heavy atom. The number of aryl methyl sites for hydroxylation is 2. The molecule has 0 spiro atoms. The summed E-state index contributed by atoms with van der Waals surface area (Å²) < 4.78 is 1.92. The van der Waals surface area contributed by atoms with Gasteiger partial charge in [-0.05, 0) is 25.5 Å². The maximum absolute atomic E-state index is 4.55. The molecular weight excluding hydrogens is 234 g/mol. The van der Waals surface area contributed by atoms with E-state index >= 15 is 0 Å². The van der Waals surface area contributed by atoms with E-state index in [1.807, 2.05) is 41.9 Å². The second-order valence-electron chi connectivity index (χ2n) is 4.55. The Morgan fingerprint density at radius 1 is 0.842 bits per heavy atom. The fourth-order valence-corrected chi connectivity index (χ4v) is 2.16. The smallest absolute Gasteiger partial charge is 0.163 e. The molecule has 3 heteroatoms. The molecular formula is C16H15N3. The van der Waals surface area contributed by atoms with E-state index in [1.165, 1.54) is 5.56 Å². The monoisotopic (exact) mass is 249 g/mol. The molecule has 0 amide bonds. The van der Waals surface area contributed by atoms with E-state index in [4.69, 9.17) is 0 Å². The van der Waals surface area contributed by atoms with E-state index < -0.39 is 0 Å². The molecule has 0 N–H and O–H groups in total. The van der Waals surface area contributed by atoms with Crippen molar-refractivity contribution in [2.24, 2.45) is 0 Å². The van der Waals surface area contributed by atoms with Crippen LogP contribution in [0.5, 0.6) is 0 Å². The highest BCUT2D eigenvalue weighted by Crippen LogP contribution is 2.22. The average molecular weight is 249 g/mol. The molecule has 0 saturated carbocycles. The zero-order valence-electron chi connectivity index (χ0n) is 11.0. The fourth-order valence-electron chi connectivity index (χ4n) is 2.16. The van der Waals surface area contributed by atoms with Crippen molar-refractivity contribution in [2.45, 2.75) is 13.8 Å². The van der Waals surface area contributed by atoms with Gasteiger partial charge in [-0.1, -0.05) is 48.5 Å². The summed E-state index contributed by atoms with van der Waals surface area (Å²) >= 11 is 0. The minimum absolute atomic E-state index is 0.780. The van der Waals surface area contributed by atoms with Crippen LogP contribution in [0.4, 0.5) is 0 Å². The van der Waals surface area contributed by atoms with Gasteiger partial charge >= 0.3 is 0 Å². The van der Waals surface area contributed by atoms with E-state index in [9.17, 15) is 0 Å². The summed E-state index contributed by atoms with van der Waals surface area (Å²) in [6, 6.07) is 18.3. The Labute approximate surface area is 112 Å². The molecule has 19 heavy (non-hydrogen) atoms. The standard InChI is InChI=1S/C16H15N3/c1-12-8-6-7-11-15(12)19-16(17-13(2)18-19)14-9-4-3-5-10-14/h3-11H,1-2H3. The van der Waals surface area contributed by atoms with Crippen molar-refractivity contribution in [3.05, 3.63) is 66.0 Å². The Bertz CT molecular complexity index is 699. The van der Waals surface area contributed by atoms with Crippen LogP contribution in [0.2, 0.25) is 0 Å². The molecule has 3 aromatic rings. The fraction of sp³-hybridized carbons (Fsp3) is 0.125. The number of hydrogen-bond acceptors (Lipinski definition) is 2. The third-order valence-electron chi connectivity index (χ3n) is 3.09. The first-order valence-corrected chi connectivity index (χ1v) is 6.31. The lowest BCUT2D eigenvalue weighted by molar-refractivity contribution is 0.862. The van der Waals surface area contributed by atoms with Gasteiger partial charge in [-0.2, -0.15) is 5.10 Å². The van der Waals surface area contributed by atoms with E-state index in [1.54, 1.807) is 0 Å². The van der Waals surface area contributed by atoms with Gasteiger partial charge in [0.1, 0.15) is 5.82 Å². The second-order valence-corrected chi connectivity index (χ2v) is 4.55. The van der Waals surface area contributed by atoms with Crippen molar-refractivity contribution in [3.63, 3.8) is 0 Å². The Morgan fingerprint density at radius 2 is 1.53 bits per heavy atom. The van der Waals surface area contributed by atoms with E-state index in [0.717, 1.165) is 22.9 Å². The van der Waals surface area contributed by atoms with Crippen molar-refractivity contribution in [3.8, 4) is 17.1 Å². The highest BCUT2D eigenvalue weighted by Gasteiger charge is 2.12. The molecule has 0 aliphatic carbocycles. The quantitative estimate of drug-likeness (QED) is 0.695. The van der Waals surface area contributed by atoms with Gasteiger partial charge in [0.05, 0.1) is 5.69 Å². The van der Waals surface area contributed by atoms with Gasteiger partial charge in [0, 0.05) is 5.56 Å². The molecule has 3 rings (SSSR count). The molecule has 2 aromatic carbocycles. The van der Waals surface area contributed by atoms with Gasteiger partial charge in [0.15, 0.2) is 5.82 Å². The molecule has 0 unspecified atom stereocenters. The van der Waals surface area contributed by atoms with Crippen LogP contribution in [0.1, 0.15) is 11.4 Å². The third kappa shape index (κ3) is 2.15. The van der Waals surface area contributed by atoms with Gasteiger partial charge in [-0.15, -0.1) is 0 Å². The zero-order chi connectivity index (χ0) is 13.2. The van der Waals surface area contributed by atoms with Crippen LogP contribution >= 0.6 is 0 Å². The number of aromatic nitrogens is 3. The molecule has 0 atom stereocenters. The molecule has 0 fully saturated rings. The van der Waals surface area contributed by atoms with E-state index in [0.29, 0.717) is 0 Å². The molecule has 0 aliphatic heterocycles. The predicted octanol–water partition coefficient (Wildman–Crippen LogP) is 3.55. The van der Waals surface area contributed by atoms with Crippen LogP contribution in [0, 0.1) is 13.8 Å². The zero-order valence-corrected chi connectivity index (χ0v) is 11.0. The van der Waals surface area contributed by atoms with Gasteiger partial charge < -0.3 is 0 Å². The number of hydrogen-bond donors (Lipinski definition) is 0. The van der Waals surface area contributed by atoms with Crippen LogP contribution < -0.4 is 0 Å². The van der Waals surface area contributed by atoms with Crippen LogP contribution in [-0.4, -0.2) is 14.8 Å². The highest BCUT2D eigenvalue weighted by atomic mass is 15.3. The summed E-state index contributed by atoms with van der Waals surface area (Å²) in [5, 5.41) is 4.52. The highest BCUT2D eigenvalue weighted by molar-refractivity contribution is 5.58. The third-order valence-corrected chi connectivity index (χ3v) is 3.09. The van der Waals surface area contributed by atoms with Crippen LogP contribution in [0.25, 0.3) is 17.1 Å². The average Bonchev–Trinajstić information content (AvgIpc) is 2.82. The van der Waals surface area contributed by atoms with Gasteiger partial charge in [-0.3, -0.25) is 0 Å². The predicted molar refractivity (Wildman–Crippen MR) is 76.3 cm³/mol. The van der Waals surface area contributed by atoms with Crippen LogP contribution in [0.3, 0.4) is 0 Å². The summed E-state index contributed by atoms with van der Waals surface area (Å²) in [7, 11) is 0. The van der Waals surface area contributed by atoms with E-state index in [2.05, 4.69) is 41.3 Å². The Balaban J connectivity index is 2.21. The summed E-state index contributed by atoms with van der Waals surface area (Å²) in [6.07, 6.45) is 0. The normalized spacial score (nSPS) is 10.6. The molecule has 0 saturated heterocycles. The topological polar surface area (TPSA) is 30.7 Å². The second kappa shape index (κ2) is 4.69. The van der Waals surface area contributed by atoms with Crippen LogP contribution in [-0.2, 0) is 0 Å². The van der Waals surface area contributed by atoms with Gasteiger partial charge in [-0.25, -0.2) is 9.67 Å². The number of para-hydroxylation sites is 1. The summed E-state index contributed by atoms with van der Waals surface area (Å²) in [6.45, 7) is 4.00. The molecule has 94 valence electrons. The van der Waals surface area contributed by atoms with Gasteiger partial charge in [0.2, 0.25) is 0 Å². The lowest BCUT2D eigenvalue weighted by Gasteiger charge is -2.08. The van der Waals surface area contributed by atoms with Crippen molar-refractivity contribution in [1.29, 1.82) is 0 Å². The number of nitrogens with zero attached hydrogens (tertiary/aromatic N) is 3. The molecule has 0 radical (unpaired) electrons. The molecule has 1 heterocycles. The first-order valence-electron chi connectivity index (χ1n) is 6.31. The number of rotatable bonds is 2. The van der Waals surface area contributed by atoms with Crippen molar-refractivity contribution < 1.29 is 0 Å². The first-order chi connectivity index (χ1) is 9.25. The van der Waals surface area contributed by atoms with E-state index in [-0.39, 0.29) is 0 Å².